The number of aromatic nitrogens is 6. The van der Waals surface area contributed by atoms with Crippen molar-refractivity contribution in [2.45, 2.75) is 86.6 Å². The molecule has 5 aliphatic rings. The van der Waals surface area contributed by atoms with Gasteiger partial charge < -0.3 is 29.4 Å². The van der Waals surface area contributed by atoms with E-state index in [0.29, 0.717) is 41.7 Å². The monoisotopic (exact) mass is 785 g/mol. The van der Waals surface area contributed by atoms with Crippen LogP contribution in [0.5, 0.6) is 0 Å². The molecule has 2 atom stereocenters. The van der Waals surface area contributed by atoms with Crippen molar-refractivity contribution in [3.8, 4) is 11.5 Å². The highest BCUT2D eigenvalue weighted by Gasteiger charge is 2.31. The van der Waals surface area contributed by atoms with Crippen molar-refractivity contribution in [3.05, 3.63) is 46.8 Å². The number of furan rings is 1. The van der Waals surface area contributed by atoms with Crippen LogP contribution in [0.3, 0.4) is 0 Å². The van der Waals surface area contributed by atoms with Gasteiger partial charge in [0.15, 0.2) is 5.76 Å². The van der Waals surface area contributed by atoms with E-state index in [9.17, 15) is 8.42 Å². The number of piperidine rings is 1. The van der Waals surface area contributed by atoms with E-state index in [-0.39, 0.29) is 12.7 Å². The second-order valence-corrected chi connectivity index (χ2v) is 17.1. The number of rotatable bonds is 7. The lowest BCUT2D eigenvalue weighted by molar-refractivity contribution is 0.0902. The van der Waals surface area contributed by atoms with Crippen LogP contribution in [0.2, 0.25) is 5.28 Å². The summed E-state index contributed by atoms with van der Waals surface area (Å²) in [7, 11) is -0.0186. The molecular formula is C36H48ClN9O5S2. The third kappa shape index (κ3) is 8.46. The number of ether oxygens (including phenoxy) is 2. The average molecular weight is 786 g/mol. The molecule has 4 aromatic rings. The second kappa shape index (κ2) is 16.9. The van der Waals surface area contributed by atoms with Crippen LogP contribution in [-0.2, 0) is 51.0 Å². The van der Waals surface area contributed by atoms with Gasteiger partial charge in [0.1, 0.15) is 27.1 Å². The minimum atomic E-state index is -1.03. The largest absolute Gasteiger partial charge is 0.463 e. The molecule has 53 heavy (non-hydrogen) atoms. The summed E-state index contributed by atoms with van der Waals surface area (Å²) in [6, 6.07) is 6.60. The number of nitrogens with one attached hydrogen (secondary N) is 2. The summed E-state index contributed by atoms with van der Waals surface area (Å²) in [5.74, 6) is 4.65. The van der Waals surface area contributed by atoms with Crippen LogP contribution in [0.4, 0.5) is 17.6 Å². The molecule has 286 valence electrons. The van der Waals surface area contributed by atoms with Gasteiger partial charge in [0.05, 0.1) is 39.3 Å². The first-order valence-electron chi connectivity index (χ1n) is 18.1. The molecular weight excluding hydrogens is 738 g/mol. The zero-order chi connectivity index (χ0) is 35.6. The third-order valence-corrected chi connectivity index (χ3v) is 13.4. The molecule has 5 aliphatic heterocycles. The first-order valence-corrected chi connectivity index (χ1v) is 21.2. The summed E-state index contributed by atoms with van der Waals surface area (Å²) >= 11 is 5.91. The van der Waals surface area contributed by atoms with Crippen LogP contribution >= 0.6 is 11.6 Å². The Hall–Kier alpha value is -3.44. The Kier molecular flexibility index (Phi) is 12.1. The molecule has 4 aromatic heterocycles. The molecule has 0 spiro atoms. The van der Waals surface area contributed by atoms with Crippen LogP contribution in [0, 0.1) is 0 Å². The van der Waals surface area contributed by atoms with Gasteiger partial charge >= 0.3 is 0 Å². The number of hydrogen-bond donors (Lipinski definition) is 2. The molecule has 9 rings (SSSR count). The topological polar surface area (TPSA) is 162 Å². The molecule has 2 unspecified atom stereocenters. The van der Waals surface area contributed by atoms with E-state index in [2.05, 4.69) is 36.7 Å². The van der Waals surface area contributed by atoms with Crippen LogP contribution in [0.25, 0.3) is 11.5 Å². The number of halogens is 1. The predicted molar refractivity (Wildman–Crippen MR) is 206 cm³/mol. The molecule has 0 radical (unpaired) electrons. The molecule has 3 saturated heterocycles. The van der Waals surface area contributed by atoms with E-state index in [1.807, 2.05) is 23.9 Å². The summed E-state index contributed by atoms with van der Waals surface area (Å²) in [5.41, 5.74) is 3.87. The highest BCUT2D eigenvalue weighted by atomic mass is 35.5. The summed E-state index contributed by atoms with van der Waals surface area (Å²) in [6.07, 6.45) is 8.91. The fourth-order valence-corrected chi connectivity index (χ4v) is 10.4. The molecule has 0 aromatic carbocycles. The number of nitrogens with zero attached hydrogens (tertiary/aromatic N) is 7. The maximum Gasteiger partial charge on any atom is 0.227 e. The zero-order valence-corrected chi connectivity index (χ0v) is 31.6. The summed E-state index contributed by atoms with van der Waals surface area (Å²) in [6.45, 7) is 4.77. The van der Waals surface area contributed by atoms with Gasteiger partial charge in [-0.1, -0.05) is 7.43 Å². The zero-order valence-electron chi connectivity index (χ0n) is 29.2. The normalized spacial score (nSPS) is 22.0. The van der Waals surface area contributed by atoms with Gasteiger partial charge in [0.2, 0.25) is 11.2 Å². The Labute approximate surface area is 320 Å². The van der Waals surface area contributed by atoms with Crippen molar-refractivity contribution in [1.29, 1.82) is 0 Å². The number of aryl methyl sites for hydroxylation is 3. The van der Waals surface area contributed by atoms with Crippen molar-refractivity contribution in [2.24, 2.45) is 7.05 Å². The molecule has 0 aliphatic carbocycles. The Morgan fingerprint density at radius 3 is 1.98 bits per heavy atom. The maximum atomic E-state index is 12.7. The fraction of sp³-hybridized carbons (Fsp3) is 0.583. The highest BCUT2D eigenvalue weighted by molar-refractivity contribution is 7.85. The van der Waals surface area contributed by atoms with Gasteiger partial charge in [0, 0.05) is 94.6 Å². The first kappa shape index (κ1) is 37.9. The van der Waals surface area contributed by atoms with Crippen molar-refractivity contribution in [1.82, 2.24) is 29.7 Å². The molecule has 3 fully saturated rings. The second-order valence-electron chi connectivity index (χ2n) is 13.7. The summed E-state index contributed by atoms with van der Waals surface area (Å²) in [4.78, 5) is 21.9. The fourth-order valence-electron chi connectivity index (χ4n) is 7.54. The third-order valence-electron chi connectivity index (χ3n) is 10.3. The van der Waals surface area contributed by atoms with Gasteiger partial charge in [0.25, 0.3) is 0 Å². The molecule has 0 amide bonds. The average Bonchev–Trinajstić information content (AvgIpc) is 3.98. The van der Waals surface area contributed by atoms with Crippen LogP contribution < -0.4 is 15.5 Å². The lowest BCUT2D eigenvalue weighted by atomic mass is 9.93. The van der Waals surface area contributed by atoms with Crippen LogP contribution in [0.15, 0.2) is 38.7 Å². The lowest BCUT2D eigenvalue weighted by Crippen LogP contribution is -2.35. The van der Waals surface area contributed by atoms with E-state index in [4.69, 9.17) is 35.5 Å². The smallest absolute Gasteiger partial charge is 0.227 e. The predicted octanol–water partition coefficient (Wildman–Crippen LogP) is 5.13. The van der Waals surface area contributed by atoms with E-state index < -0.39 is 21.6 Å². The van der Waals surface area contributed by atoms with Gasteiger partial charge in [-0.2, -0.15) is 15.1 Å². The molecule has 17 heteroatoms. The van der Waals surface area contributed by atoms with Gasteiger partial charge in [-0.25, -0.2) is 9.97 Å². The number of hydrogen-bond acceptors (Lipinski definition) is 13. The molecule has 0 bridgehead atoms. The Morgan fingerprint density at radius 1 is 0.811 bits per heavy atom. The van der Waals surface area contributed by atoms with E-state index in [1.54, 1.807) is 6.26 Å². The number of fused-ring (bicyclic) bond motifs is 2. The summed E-state index contributed by atoms with van der Waals surface area (Å²) < 4.78 is 43.0. The Balaban J connectivity index is 0.000000194. The Morgan fingerprint density at radius 2 is 1.40 bits per heavy atom. The molecule has 14 nitrogen and oxygen atoms in total. The molecule has 9 heterocycles. The van der Waals surface area contributed by atoms with Crippen molar-refractivity contribution >= 4 is 50.8 Å². The minimum absolute atomic E-state index is 0. The van der Waals surface area contributed by atoms with Crippen molar-refractivity contribution in [2.75, 3.05) is 66.6 Å². The van der Waals surface area contributed by atoms with Gasteiger partial charge in [-0.15, -0.1) is 0 Å². The summed E-state index contributed by atoms with van der Waals surface area (Å²) in [5, 5.41) is 11.8. The standard InChI is InChI=1S/C24H30N6O3S.C11H14ClN3O2S.CH4/c1-29-20(15-19(28-29)21-3-2-11-33-21)16-4-9-30(10-5-16)24-26-18-8-14-34(31)22(18)23(27-24)25-17-6-12-32-13-7-17;12-11-14-8-3-6-18(16)9(8)10(15-11)13-7-1-4-17-5-2-7;/h2-3,11,15-17H,4-10,12-14H2,1H3,(H,25,26,27);7H,1-6H2,(H,13,14,15);1H4. The van der Waals surface area contributed by atoms with Crippen molar-refractivity contribution < 1.29 is 22.3 Å². The quantitative estimate of drug-likeness (QED) is 0.238. The van der Waals surface area contributed by atoms with Crippen LogP contribution in [0.1, 0.15) is 69.0 Å². The molecule has 2 N–H and O–H groups in total. The van der Waals surface area contributed by atoms with E-state index in [1.165, 1.54) is 5.69 Å². The maximum absolute atomic E-state index is 12.7. The SMILES string of the molecule is C.Cn1nc(-c2ccco2)cc1C1CCN(c2nc3c(c(NC4CCOCC4)n2)S(=O)CC3)CC1.O=S1CCc2nc(Cl)nc(NC3CCOCC3)c21. The highest BCUT2D eigenvalue weighted by Crippen LogP contribution is 2.35. The number of anilines is 3. The van der Waals surface area contributed by atoms with Crippen LogP contribution in [-0.4, -0.2) is 101 Å². The van der Waals surface area contributed by atoms with Crippen molar-refractivity contribution in [3.63, 3.8) is 0 Å². The minimum Gasteiger partial charge on any atom is -0.463 e. The van der Waals surface area contributed by atoms with Gasteiger partial charge in [-0.05, 0) is 68.3 Å². The van der Waals surface area contributed by atoms with E-state index in [0.717, 1.165) is 129 Å². The molecule has 0 saturated carbocycles. The van der Waals surface area contributed by atoms with Gasteiger partial charge in [-0.3, -0.25) is 13.1 Å². The first-order chi connectivity index (χ1) is 25.4. The lowest BCUT2D eigenvalue weighted by Gasteiger charge is -2.32. The Bertz CT molecular complexity index is 1920. The van der Waals surface area contributed by atoms with E-state index >= 15 is 0 Å².